The van der Waals surface area contributed by atoms with E-state index in [-0.39, 0.29) is 25.6 Å². The standard InChI is InChI=1S/C32H36N2O9P2/c33-17-10-20-37-44(34-18-21-36-22-19-34)41-29-23-26(30-31(29)40-32(39-30)25-11-4-1-5-12-25)24-38-45(35,42-27-13-6-2-7-14-27)43-28-15-8-3-9-16-28/h1-9,11-16,26,29-32H,10,18-24H2/t26-,29+,30-,31+,32-,44?/m1/s1. The fraction of sp³-hybridized carbons (Fsp3) is 0.406. The predicted octanol–water partition coefficient (Wildman–Crippen LogP) is 6.65. The molecule has 3 aromatic rings. The molecule has 1 aliphatic carbocycles. The molecule has 3 aliphatic rings. The lowest BCUT2D eigenvalue weighted by molar-refractivity contribution is -0.0992. The number of hydrogen-bond donors (Lipinski definition) is 0. The smallest absolute Gasteiger partial charge is 0.395 e. The van der Waals surface area contributed by atoms with Crippen molar-refractivity contribution in [1.82, 2.24) is 4.67 Å². The first-order chi connectivity index (χ1) is 22.1. The zero-order valence-electron chi connectivity index (χ0n) is 24.7. The fourth-order valence-corrected chi connectivity index (χ4v) is 8.22. The minimum Gasteiger partial charge on any atom is -0.395 e. The van der Waals surface area contributed by atoms with Gasteiger partial charge in [0.15, 0.2) is 6.29 Å². The summed E-state index contributed by atoms with van der Waals surface area (Å²) in [7, 11) is -5.61. The summed E-state index contributed by atoms with van der Waals surface area (Å²) in [6.07, 6.45) is -1.09. The van der Waals surface area contributed by atoms with Gasteiger partial charge in [-0.05, 0) is 30.7 Å². The Morgan fingerprint density at radius 1 is 0.867 bits per heavy atom. The number of nitrogens with zero attached hydrogens (tertiary/aromatic N) is 2. The molecule has 6 atom stereocenters. The van der Waals surface area contributed by atoms with Crippen molar-refractivity contribution in [3.05, 3.63) is 96.6 Å². The van der Waals surface area contributed by atoms with E-state index in [2.05, 4.69) is 10.7 Å². The molecule has 1 unspecified atom stereocenters. The number of morpholine rings is 1. The van der Waals surface area contributed by atoms with Crippen LogP contribution < -0.4 is 9.05 Å². The van der Waals surface area contributed by atoms with Gasteiger partial charge in [0.2, 0.25) is 0 Å². The predicted molar refractivity (Wildman–Crippen MR) is 165 cm³/mol. The van der Waals surface area contributed by atoms with E-state index in [9.17, 15) is 4.57 Å². The van der Waals surface area contributed by atoms with E-state index in [0.717, 1.165) is 5.56 Å². The van der Waals surface area contributed by atoms with E-state index in [1.165, 1.54) is 0 Å². The summed E-state index contributed by atoms with van der Waals surface area (Å²) >= 11 is 0. The lowest BCUT2D eigenvalue weighted by atomic mass is 10.1. The van der Waals surface area contributed by atoms with E-state index in [4.69, 9.17) is 42.1 Å². The van der Waals surface area contributed by atoms with Crippen molar-refractivity contribution in [2.24, 2.45) is 5.92 Å². The molecule has 2 heterocycles. The molecular weight excluding hydrogens is 618 g/mol. The highest BCUT2D eigenvalue weighted by atomic mass is 31.2. The lowest BCUT2D eigenvalue weighted by Crippen LogP contribution is -2.36. The molecule has 13 heteroatoms. The zero-order valence-corrected chi connectivity index (χ0v) is 26.5. The highest BCUT2D eigenvalue weighted by Gasteiger charge is 2.54. The Bertz CT molecular complexity index is 1380. The van der Waals surface area contributed by atoms with Crippen molar-refractivity contribution in [3.63, 3.8) is 0 Å². The second-order valence-electron chi connectivity index (χ2n) is 10.7. The molecule has 3 fully saturated rings. The molecule has 0 amide bonds. The monoisotopic (exact) mass is 654 g/mol. The van der Waals surface area contributed by atoms with Crippen molar-refractivity contribution in [2.45, 2.75) is 37.4 Å². The second-order valence-corrected chi connectivity index (χ2v) is 13.7. The highest BCUT2D eigenvalue weighted by Crippen LogP contribution is 2.54. The number of phosphoric ester groups is 1. The largest absolute Gasteiger partial charge is 0.587 e. The molecule has 0 radical (unpaired) electrons. The van der Waals surface area contributed by atoms with Crippen molar-refractivity contribution in [3.8, 4) is 17.6 Å². The van der Waals surface area contributed by atoms with Gasteiger partial charge in [-0.25, -0.2) is 9.24 Å². The summed E-state index contributed by atoms with van der Waals surface area (Å²) in [6.45, 7) is 2.73. The molecule has 1 saturated carbocycles. The fourth-order valence-electron chi connectivity index (χ4n) is 5.41. The molecule has 3 aromatic carbocycles. The van der Waals surface area contributed by atoms with Crippen molar-refractivity contribution in [1.29, 1.82) is 5.26 Å². The maximum Gasteiger partial charge on any atom is 0.587 e. The van der Waals surface area contributed by atoms with Crippen LogP contribution in [0.2, 0.25) is 0 Å². The second kappa shape index (κ2) is 15.6. The van der Waals surface area contributed by atoms with Gasteiger partial charge in [0.1, 0.15) is 17.6 Å². The molecule has 45 heavy (non-hydrogen) atoms. The molecule has 2 saturated heterocycles. The third kappa shape index (κ3) is 8.49. The Labute approximate surface area is 264 Å². The van der Waals surface area contributed by atoms with Crippen LogP contribution in [0.1, 0.15) is 24.7 Å². The molecule has 0 spiro atoms. The molecule has 0 aromatic heterocycles. The number of phosphoric acid groups is 1. The molecule has 0 N–H and O–H groups in total. The SMILES string of the molecule is N#CCCOP(O[C@H]1C[C@H](COP(=O)(Oc2ccccc2)Oc2ccccc2)[C@H]2O[C@@H](c3ccccc3)O[C@H]21)N1CCOCC1. The zero-order chi connectivity index (χ0) is 30.9. The average molecular weight is 655 g/mol. The number of nitriles is 1. The van der Waals surface area contributed by atoms with Crippen LogP contribution in [0.15, 0.2) is 91.0 Å². The van der Waals surface area contributed by atoms with Gasteiger partial charge in [-0.1, -0.05) is 66.7 Å². The van der Waals surface area contributed by atoms with Gasteiger partial charge < -0.3 is 32.3 Å². The maximum atomic E-state index is 14.1. The minimum atomic E-state index is -4.12. The van der Waals surface area contributed by atoms with E-state index < -0.39 is 41.0 Å². The van der Waals surface area contributed by atoms with Crippen LogP contribution in [0.5, 0.6) is 11.5 Å². The van der Waals surface area contributed by atoms with Crippen molar-refractivity contribution >= 4 is 16.3 Å². The van der Waals surface area contributed by atoms with E-state index in [0.29, 0.717) is 44.2 Å². The Morgan fingerprint density at radius 3 is 2.09 bits per heavy atom. The van der Waals surface area contributed by atoms with Crippen LogP contribution in [0.3, 0.4) is 0 Å². The van der Waals surface area contributed by atoms with Gasteiger partial charge in [-0.3, -0.25) is 4.52 Å². The maximum absolute atomic E-state index is 14.1. The van der Waals surface area contributed by atoms with Crippen LogP contribution >= 0.6 is 16.3 Å². The number of fused-ring (bicyclic) bond motifs is 1. The van der Waals surface area contributed by atoms with Crippen molar-refractivity contribution in [2.75, 3.05) is 39.5 Å². The quantitative estimate of drug-likeness (QED) is 0.137. The molecule has 238 valence electrons. The minimum absolute atomic E-state index is 0.00755. The van der Waals surface area contributed by atoms with E-state index >= 15 is 0 Å². The lowest BCUT2D eigenvalue weighted by Gasteiger charge is -2.34. The van der Waals surface area contributed by atoms with Crippen LogP contribution in [-0.2, 0) is 32.3 Å². The first-order valence-electron chi connectivity index (χ1n) is 15.0. The molecule has 0 bridgehead atoms. The number of hydrogen-bond acceptors (Lipinski definition) is 11. The third-order valence-corrected chi connectivity index (χ3v) is 10.6. The topological polar surface area (TPSA) is 118 Å². The van der Waals surface area contributed by atoms with Gasteiger partial charge in [-0.2, -0.15) is 5.26 Å². The van der Waals surface area contributed by atoms with E-state index in [1.54, 1.807) is 48.5 Å². The normalized spacial score (nSPS) is 25.7. The summed E-state index contributed by atoms with van der Waals surface area (Å²) in [4.78, 5) is 0. The third-order valence-electron chi connectivity index (χ3n) is 7.55. The van der Waals surface area contributed by atoms with Gasteiger partial charge in [0, 0.05) is 24.6 Å². The summed E-state index contributed by atoms with van der Waals surface area (Å²) in [5.41, 5.74) is 0.886. The van der Waals surface area contributed by atoms with Gasteiger partial charge in [0.05, 0.1) is 51.1 Å². The first kappa shape index (κ1) is 32.1. The summed E-state index contributed by atoms with van der Waals surface area (Å²) in [6, 6.07) is 29.4. The molecular formula is C32H36N2O9P2. The Morgan fingerprint density at radius 2 is 1.47 bits per heavy atom. The van der Waals surface area contributed by atoms with Crippen LogP contribution in [-0.4, -0.2) is 62.5 Å². The molecule has 11 nitrogen and oxygen atoms in total. The summed E-state index contributed by atoms with van der Waals surface area (Å²) in [5, 5.41) is 9.09. The first-order valence-corrected chi connectivity index (χ1v) is 17.6. The Hall–Kier alpha value is -2.87. The Kier molecular flexibility index (Phi) is 11.1. The highest BCUT2D eigenvalue weighted by molar-refractivity contribution is 7.49. The number of para-hydroxylation sites is 2. The summed E-state index contributed by atoms with van der Waals surface area (Å²) < 4.78 is 65.2. The summed E-state index contributed by atoms with van der Waals surface area (Å²) in [5.74, 6) is 0.455. The van der Waals surface area contributed by atoms with Crippen molar-refractivity contribution < 1.29 is 41.4 Å². The Balaban J connectivity index is 1.21. The average Bonchev–Trinajstić information content (AvgIpc) is 3.65. The number of rotatable bonds is 14. The van der Waals surface area contributed by atoms with Crippen LogP contribution in [0.4, 0.5) is 0 Å². The van der Waals surface area contributed by atoms with Gasteiger partial charge in [-0.15, -0.1) is 0 Å². The molecule has 2 aliphatic heterocycles. The van der Waals surface area contributed by atoms with Gasteiger partial charge in [0.25, 0.3) is 8.53 Å². The van der Waals surface area contributed by atoms with Gasteiger partial charge >= 0.3 is 7.82 Å². The number of ether oxygens (including phenoxy) is 3. The number of benzene rings is 3. The van der Waals surface area contributed by atoms with E-state index in [1.807, 2.05) is 42.5 Å². The van der Waals surface area contributed by atoms with Crippen LogP contribution in [0.25, 0.3) is 0 Å². The van der Waals surface area contributed by atoms with Crippen LogP contribution in [0, 0.1) is 17.2 Å². The molecule has 6 rings (SSSR count).